The fraction of sp³-hybridized carbons (Fsp3) is 0.278. The van der Waals surface area contributed by atoms with Crippen LogP contribution in [0.2, 0.25) is 5.02 Å². The van der Waals surface area contributed by atoms with E-state index in [0.29, 0.717) is 17.4 Å². The zero-order valence-corrected chi connectivity index (χ0v) is 15.0. The maximum atomic E-state index is 6.45. The van der Waals surface area contributed by atoms with E-state index in [1.54, 1.807) is 0 Å². The van der Waals surface area contributed by atoms with Crippen molar-refractivity contribution in [3.05, 3.63) is 64.7 Å². The molecule has 0 spiro atoms. The molecule has 5 heteroatoms. The number of aliphatic imine (C=N–C) groups is 1. The van der Waals surface area contributed by atoms with Gasteiger partial charge in [-0.1, -0.05) is 53.5 Å². The fourth-order valence-corrected chi connectivity index (χ4v) is 3.62. The number of halogens is 3. The van der Waals surface area contributed by atoms with Gasteiger partial charge < -0.3 is 4.90 Å². The van der Waals surface area contributed by atoms with E-state index >= 15 is 0 Å². The quantitative estimate of drug-likeness (QED) is 0.538. The van der Waals surface area contributed by atoms with Crippen LogP contribution in [0.15, 0.2) is 53.5 Å². The van der Waals surface area contributed by atoms with Crippen molar-refractivity contribution in [2.75, 3.05) is 17.3 Å². The molecule has 2 aromatic carbocycles. The van der Waals surface area contributed by atoms with E-state index in [4.69, 9.17) is 39.8 Å². The first-order valence-corrected chi connectivity index (χ1v) is 8.85. The largest absolute Gasteiger partial charge is 0.349 e. The van der Waals surface area contributed by atoms with Crippen LogP contribution >= 0.6 is 34.8 Å². The molecule has 23 heavy (non-hydrogen) atoms. The SMILES string of the molecule is CC(Cl)N1c2ccc(Cl)cc2C(c2ccccc2)=NCC1CCl. The highest BCUT2D eigenvalue weighted by molar-refractivity contribution is 6.31. The van der Waals surface area contributed by atoms with Gasteiger partial charge in [-0.25, -0.2) is 0 Å². The predicted octanol–water partition coefficient (Wildman–Crippen LogP) is 5.19. The molecule has 2 aromatic rings. The van der Waals surface area contributed by atoms with Crippen LogP contribution in [0.4, 0.5) is 5.69 Å². The number of hydrogen-bond acceptors (Lipinski definition) is 2. The first-order chi connectivity index (χ1) is 11.1. The van der Waals surface area contributed by atoms with Crippen molar-refractivity contribution in [1.29, 1.82) is 0 Å². The highest BCUT2D eigenvalue weighted by Crippen LogP contribution is 2.33. The Morgan fingerprint density at radius 1 is 1.22 bits per heavy atom. The Kier molecular flexibility index (Phi) is 5.15. The van der Waals surface area contributed by atoms with Gasteiger partial charge in [0.05, 0.1) is 18.3 Å². The smallest absolute Gasteiger partial charge is 0.101 e. The second-order valence-corrected chi connectivity index (χ2v) is 6.88. The molecule has 0 aliphatic carbocycles. The lowest BCUT2D eigenvalue weighted by atomic mass is 10.00. The zero-order chi connectivity index (χ0) is 16.4. The number of hydrogen-bond donors (Lipinski definition) is 0. The van der Waals surface area contributed by atoms with E-state index in [0.717, 1.165) is 22.5 Å². The maximum absolute atomic E-state index is 6.45. The number of fused-ring (bicyclic) bond motifs is 1. The van der Waals surface area contributed by atoms with Crippen molar-refractivity contribution in [2.24, 2.45) is 4.99 Å². The summed E-state index contributed by atoms with van der Waals surface area (Å²) in [4.78, 5) is 6.96. The number of benzodiazepines with no additional fused rings is 1. The highest BCUT2D eigenvalue weighted by Gasteiger charge is 2.28. The highest BCUT2D eigenvalue weighted by atomic mass is 35.5. The minimum atomic E-state index is -0.191. The Morgan fingerprint density at radius 3 is 2.61 bits per heavy atom. The zero-order valence-electron chi connectivity index (χ0n) is 12.7. The summed E-state index contributed by atoms with van der Waals surface area (Å²) in [5.41, 5.74) is 3.81. The van der Waals surface area contributed by atoms with E-state index in [9.17, 15) is 0 Å². The summed E-state index contributed by atoms with van der Waals surface area (Å²) in [6, 6.07) is 16.0. The number of rotatable bonds is 3. The lowest BCUT2D eigenvalue weighted by Gasteiger charge is -2.33. The van der Waals surface area contributed by atoms with Gasteiger partial charge in [0, 0.05) is 27.7 Å². The summed E-state index contributed by atoms with van der Waals surface area (Å²) in [5.74, 6) is 0.463. The van der Waals surface area contributed by atoms with Crippen LogP contribution in [-0.2, 0) is 0 Å². The molecule has 0 bridgehead atoms. The van der Waals surface area contributed by atoms with Crippen molar-refractivity contribution in [3.63, 3.8) is 0 Å². The molecule has 0 radical (unpaired) electrons. The number of anilines is 1. The van der Waals surface area contributed by atoms with Crippen LogP contribution in [0.3, 0.4) is 0 Å². The average Bonchev–Trinajstić information content (AvgIpc) is 2.71. The molecule has 2 unspecified atom stereocenters. The van der Waals surface area contributed by atoms with Gasteiger partial charge in [-0.05, 0) is 25.1 Å². The maximum Gasteiger partial charge on any atom is 0.101 e. The molecule has 0 aromatic heterocycles. The molecule has 0 N–H and O–H groups in total. The molecule has 120 valence electrons. The van der Waals surface area contributed by atoms with Crippen LogP contribution < -0.4 is 4.90 Å². The van der Waals surface area contributed by atoms with Gasteiger partial charge in [0.25, 0.3) is 0 Å². The van der Waals surface area contributed by atoms with E-state index in [1.807, 2.05) is 43.3 Å². The minimum absolute atomic E-state index is 0.0466. The minimum Gasteiger partial charge on any atom is -0.349 e. The lowest BCUT2D eigenvalue weighted by molar-refractivity contribution is 0.644. The van der Waals surface area contributed by atoms with Crippen LogP contribution in [0.1, 0.15) is 18.1 Å². The van der Waals surface area contributed by atoms with E-state index in [1.165, 1.54) is 0 Å². The van der Waals surface area contributed by atoms with Gasteiger partial charge >= 0.3 is 0 Å². The van der Waals surface area contributed by atoms with Crippen LogP contribution in [0.5, 0.6) is 0 Å². The first-order valence-electron chi connectivity index (χ1n) is 7.50. The molecule has 0 fully saturated rings. The molecule has 3 rings (SSSR count). The van der Waals surface area contributed by atoms with Crippen molar-refractivity contribution in [1.82, 2.24) is 0 Å². The van der Waals surface area contributed by atoms with Crippen molar-refractivity contribution in [2.45, 2.75) is 18.5 Å². The molecule has 1 heterocycles. The number of alkyl halides is 2. The number of nitrogens with zero attached hydrogens (tertiary/aromatic N) is 2. The summed E-state index contributed by atoms with van der Waals surface area (Å²) in [6.07, 6.45) is 0. The molecule has 1 aliphatic rings. The van der Waals surface area contributed by atoms with E-state index in [-0.39, 0.29) is 11.5 Å². The van der Waals surface area contributed by atoms with Gasteiger partial charge in [-0.2, -0.15) is 0 Å². The van der Waals surface area contributed by atoms with Crippen LogP contribution in [-0.4, -0.2) is 29.7 Å². The van der Waals surface area contributed by atoms with Gasteiger partial charge in [-0.3, -0.25) is 4.99 Å². The second-order valence-electron chi connectivity index (χ2n) is 5.51. The standard InChI is InChI=1S/C18H17Cl3N2/c1-12(20)23-15(10-19)11-22-18(13-5-3-2-4-6-13)16-9-14(21)7-8-17(16)23/h2-9,12,15H,10-11H2,1H3. The van der Waals surface area contributed by atoms with E-state index in [2.05, 4.69) is 17.0 Å². The van der Waals surface area contributed by atoms with Gasteiger partial charge in [-0.15, -0.1) is 11.6 Å². The Labute approximate surface area is 151 Å². The Hall–Kier alpha value is -1.22. The first kappa shape index (κ1) is 16.6. The Morgan fingerprint density at radius 2 is 1.96 bits per heavy atom. The normalized spacial score (nSPS) is 18.9. The molecule has 0 saturated heterocycles. The third-order valence-electron chi connectivity index (χ3n) is 3.95. The summed E-state index contributed by atoms with van der Waals surface area (Å²) < 4.78 is 0. The van der Waals surface area contributed by atoms with Crippen molar-refractivity contribution in [3.8, 4) is 0 Å². The summed E-state index contributed by atoms with van der Waals surface area (Å²) in [7, 11) is 0. The van der Waals surface area contributed by atoms with E-state index < -0.39 is 0 Å². The molecule has 0 amide bonds. The van der Waals surface area contributed by atoms with Crippen molar-refractivity contribution >= 4 is 46.2 Å². The Bertz CT molecular complexity index is 713. The fourth-order valence-electron chi connectivity index (χ4n) is 2.94. The summed E-state index contributed by atoms with van der Waals surface area (Å²) >= 11 is 18.9. The average molecular weight is 368 g/mol. The summed E-state index contributed by atoms with van der Waals surface area (Å²) in [5, 5.41) is 0.680. The molecule has 2 atom stereocenters. The molecule has 0 saturated carbocycles. The van der Waals surface area contributed by atoms with Gasteiger partial charge in [0.2, 0.25) is 0 Å². The van der Waals surface area contributed by atoms with Crippen molar-refractivity contribution < 1.29 is 0 Å². The molecule has 2 nitrogen and oxygen atoms in total. The molecule has 1 aliphatic heterocycles. The third kappa shape index (κ3) is 3.35. The topological polar surface area (TPSA) is 15.6 Å². The third-order valence-corrected chi connectivity index (χ3v) is 4.76. The van der Waals surface area contributed by atoms with Crippen LogP contribution in [0.25, 0.3) is 0 Å². The van der Waals surface area contributed by atoms with Crippen LogP contribution in [0, 0.1) is 0 Å². The summed E-state index contributed by atoms with van der Waals surface area (Å²) in [6.45, 7) is 2.55. The molecular formula is C18H17Cl3N2. The predicted molar refractivity (Wildman–Crippen MR) is 101 cm³/mol. The number of benzene rings is 2. The lowest BCUT2D eigenvalue weighted by Crippen LogP contribution is -2.42. The second kappa shape index (κ2) is 7.12. The molecular weight excluding hydrogens is 351 g/mol. The monoisotopic (exact) mass is 366 g/mol. The van der Waals surface area contributed by atoms with Gasteiger partial charge in [0.1, 0.15) is 5.50 Å². The Balaban J connectivity index is 2.21. The van der Waals surface area contributed by atoms with Gasteiger partial charge in [0.15, 0.2) is 0 Å².